The number of hydrogen-bond acceptors (Lipinski definition) is 4. The van der Waals surface area contributed by atoms with Gasteiger partial charge in [0.1, 0.15) is 0 Å². The van der Waals surface area contributed by atoms with Crippen molar-refractivity contribution in [1.29, 1.82) is 0 Å². The predicted molar refractivity (Wildman–Crippen MR) is 119 cm³/mol. The zero-order valence-electron chi connectivity index (χ0n) is 17.8. The van der Waals surface area contributed by atoms with Crippen LogP contribution in [0.5, 0.6) is 0 Å². The Hall–Kier alpha value is -3.35. The summed E-state index contributed by atoms with van der Waals surface area (Å²) in [6.45, 7) is 3.17. The predicted octanol–water partition coefficient (Wildman–Crippen LogP) is 3.39. The minimum Gasteiger partial charge on any atom is -0.455 e. The quantitative estimate of drug-likeness (QED) is 0.668. The van der Waals surface area contributed by atoms with Crippen molar-refractivity contribution in [3.63, 3.8) is 0 Å². The summed E-state index contributed by atoms with van der Waals surface area (Å²) in [6.07, 6.45) is 1.04. The van der Waals surface area contributed by atoms with Gasteiger partial charge in [-0.25, -0.2) is 4.79 Å². The Bertz CT molecular complexity index is 865. The molecule has 0 aliphatic carbocycles. The maximum atomic E-state index is 12.3. The minimum atomic E-state index is -0.380. The third-order valence-electron chi connectivity index (χ3n) is 5.46. The number of likely N-dealkylation sites (tertiary alicyclic amines) is 1. The summed E-state index contributed by atoms with van der Waals surface area (Å²) in [6, 6.07) is 19.0. The molecule has 1 aliphatic heterocycles. The maximum Gasteiger partial charge on any atom is 0.321 e. The van der Waals surface area contributed by atoms with Crippen LogP contribution in [0, 0.1) is 5.92 Å². The number of amides is 3. The lowest BCUT2D eigenvalue weighted by Crippen LogP contribution is -2.43. The smallest absolute Gasteiger partial charge is 0.321 e. The third-order valence-corrected chi connectivity index (χ3v) is 5.46. The monoisotopic (exact) mass is 423 g/mol. The summed E-state index contributed by atoms with van der Waals surface area (Å²) >= 11 is 0. The van der Waals surface area contributed by atoms with Crippen molar-refractivity contribution in [2.75, 3.05) is 31.6 Å². The molecule has 0 unspecified atom stereocenters. The van der Waals surface area contributed by atoms with Crippen LogP contribution in [0.25, 0.3) is 0 Å². The Labute approximate surface area is 182 Å². The van der Waals surface area contributed by atoms with Gasteiger partial charge < -0.3 is 20.3 Å². The molecule has 7 heteroatoms. The van der Waals surface area contributed by atoms with Crippen molar-refractivity contribution in [2.24, 2.45) is 5.92 Å². The summed E-state index contributed by atoms with van der Waals surface area (Å²) in [7, 11) is 0. The molecule has 3 amide bonds. The van der Waals surface area contributed by atoms with Crippen LogP contribution in [0.15, 0.2) is 60.7 Å². The molecule has 3 rings (SSSR count). The van der Waals surface area contributed by atoms with Gasteiger partial charge in [0, 0.05) is 25.3 Å². The number of rotatable bonds is 7. The highest BCUT2D eigenvalue weighted by atomic mass is 16.5. The molecular formula is C24H29N3O4. The van der Waals surface area contributed by atoms with Crippen LogP contribution >= 0.6 is 0 Å². The highest BCUT2D eigenvalue weighted by Gasteiger charge is 2.28. The fourth-order valence-corrected chi connectivity index (χ4v) is 3.51. The zero-order valence-corrected chi connectivity index (χ0v) is 17.8. The number of esters is 1. The van der Waals surface area contributed by atoms with E-state index in [-0.39, 0.29) is 36.4 Å². The minimum absolute atomic E-state index is 0.173. The molecule has 31 heavy (non-hydrogen) atoms. The van der Waals surface area contributed by atoms with Gasteiger partial charge in [0.25, 0.3) is 5.91 Å². The number of carbonyl (C=O) groups excluding carboxylic acids is 3. The lowest BCUT2D eigenvalue weighted by molar-refractivity contribution is -0.153. The fraction of sp³-hybridized carbons (Fsp3) is 0.375. The number of piperidine rings is 1. The number of anilines is 1. The first-order valence-electron chi connectivity index (χ1n) is 10.6. The fourth-order valence-electron chi connectivity index (χ4n) is 3.51. The van der Waals surface area contributed by atoms with Crippen molar-refractivity contribution in [2.45, 2.75) is 25.7 Å². The highest BCUT2D eigenvalue weighted by molar-refractivity contribution is 5.89. The van der Waals surface area contributed by atoms with Crippen LogP contribution in [0.4, 0.5) is 10.5 Å². The standard InChI is InChI=1S/C24H29N3O4/c1-18(19-8-4-2-5-9-19)16-25-22(28)17-31-23(29)20-12-14-27(15-13-20)24(30)26-21-10-6-3-7-11-21/h2-11,18,20H,12-17H2,1H3,(H,25,28)(H,26,30)/t18-/m1/s1. The second-order valence-electron chi connectivity index (χ2n) is 7.78. The Morgan fingerprint density at radius 3 is 2.26 bits per heavy atom. The Morgan fingerprint density at radius 2 is 1.61 bits per heavy atom. The largest absolute Gasteiger partial charge is 0.455 e. The molecule has 1 saturated heterocycles. The van der Waals surface area contributed by atoms with E-state index in [2.05, 4.69) is 10.6 Å². The topological polar surface area (TPSA) is 87.7 Å². The summed E-state index contributed by atoms with van der Waals surface area (Å²) in [5.74, 6) is -0.811. The molecule has 164 valence electrons. The van der Waals surface area contributed by atoms with E-state index in [0.29, 0.717) is 32.5 Å². The van der Waals surface area contributed by atoms with Crippen LogP contribution in [-0.2, 0) is 14.3 Å². The SMILES string of the molecule is C[C@H](CNC(=O)COC(=O)C1CCN(C(=O)Nc2ccccc2)CC1)c1ccccc1. The van der Waals surface area contributed by atoms with Gasteiger partial charge in [0.15, 0.2) is 6.61 Å². The number of urea groups is 1. The maximum absolute atomic E-state index is 12.3. The molecule has 2 N–H and O–H groups in total. The Kier molecular flexibility index (Phi) is 8.04. The number of nitrogens with zero attached hydrogens (tertiary/aromatic N) is 1. The van der Waals surface area contributed by atoms with E-state index in [0.717, 1.165) is 11.3 Å². The van der Waals surface area contributed by atoms with Crippen LogP contribution < -0.4 is 10.6 Å². The van der Waals surface area contributed by atoms with E-state index in [4.69, 9.17) is 4.74 Å². The number of benzene rings is 2. The third kappa shape index (κ3) is 6.84. The van der Waals surface area contributed by atoms with Crippen molar-refractivity contribution >= 4 is 23.6 Å². The van der Waals surface area contributed by atoms with E-state index in [1.807, 2.05) is 67.6 Å². The van der Waals surface area contributed by atoms with Gasteiger partial charge in [-0.05, 0) is 36.5 Å². The van der Waals surface area contributed by atoms with Gasteiger partial charge in [-0.1, -0.05) is 55.5 Å². The van der Waals surface area contributed by atoms with Gasteiger partial charge in [-0.3, -0.25) is 9.59 Å². The molecule has 0 aromatic heterocycles. The van der Waals surface area contributed by atoms with Gasteiger partial charge >= 0.3 is 12.0 Å². The summed E-state index contributed by atoms with van der Waals surface area (Å²) in [5.41, 5.74) is 1.88. The van der Waals surface area contributed by atoms with E-state index in [9.17, 15) is 14.4 Å². The average molecular weight is 424 g/mol. The normalized spacial score (nSPS) is 15.1. The lowest BCUT2D eigenvalue weighted by Gasteiger charge is -2.30. The van der Waals surface area contributed by atoms with E-state index in [1.54, 1.807) is 4.90 Å². The Morgan fingerprint density at radius 1 is 1.00 bits per heavy atom. The molecule has 0 saturated carbocycles. The zero-order chi connectivity index (χ0) is 22.1. The number of hydrogen-bond donors (Lipinski definition) is 2. The second-order valence-corrected chi connectivity index (χ2v) is 7.78. The van der Waals surface area contributed by atoms with E-state index in [1.165, 1.54) is 0 Å². The summed E-state index contributed by atoms with van der Waals surface area (Å²) in [4.78, 5) is 38.4. The van der Waals surface area contributed by atoms with Crippen LogP contribution in [-0.4, -0.2) is 49.0 Å². The van der Waals surface area contributed by atoms with Crippen molar-refractivity contribution in [1.82, 2.24) is 10.2 Å². The Balaban J connectivity index is 1.34. The van der Waals surface area contributed by atoms with Crippen LogP contribution in [0.1, 0.15) is 31.2 Å². The highest BCUT2D eigenvalue weighted by Crippen LogP contribution is 2.20. The molecule has 7 nitrogen and oxygen atoms in total. The van der Waals surface area contributed by atoms with Crippen molar-refractivity contribution in [3.05, 3.63) is 66.2 Å². The second kappa shape index (κ2) is 11.2. The number of nitrogens with one attached hydrogen (secondary N) is 2. The number of para-hydroxylation sites is 1. The molecule has 2 aromatic carbocycles. The van der Waals surface area contributed by atoms with Crippen LogP contribution in [0.3, 0.4) is 0 Å². The van der Waals surface area contributed by atoms with E-state index < -0.39 is 0 Å². The molecule has 1 heterocycles. The van der Waals surface area contributed by atoms with Crippen molar-refractivity contribution in [3.8, 4) is 0 Å². The van der Waals surface area contributed by atoms with Gasteiger partial charge in [0.05, 0.1) is 5.92 Å². The summed E-state index contributed by atoms with van der Waals surface area (Å²) in [5, 5.41) is 5.66. The number of ether oxygens (including phenoxy) is 1. The molecule has 0 bridgehead atoms. The number of carbonyl (C=O) groups is 3. The average Bonchev–Trinajstić information content (AvgIpc) is 2.82. The van der Waals surface area contributed by atoms with Gasteiger partial charge in [0.2, 0.25) is 0 Å². The molecule has 1 aliphatic rings. The molecule has 0 spiro atoms. The summed E-state index contributed by atoms with van der Waals surface area (Å²) < 4.78 is 5.20. The molecule has 1 atom stereocenters. The van der Waals surface area contributed by atoms with Gasteiger partial charge in [-0.2, -0.15) is 0 Å². The molecule has 1 fully saturated rings. The lowest BCUT2D eigenvalue weighted by atomic mass is 9.97. The molecular weight excluding hydrogens is 394 g/mol. The van der Waals surface area contributed by atoms with E-state index >= 15 is 0 Å². The van der Waals surface area contributed by atoms with Gasteiger partial charge in [-0.15, -0.1) is 0 Å². The van der Waals surface area contributed by atoms with Crippen LogP contribution in [0.2, 0.25) is 0 Å². The first-order valence-corrected chi connectivity index (χ1v) is 10.6. The first kappa shape index (κ1) is 22.3. The molecule has 0 radical (unpaired) electrons. The van der Waals surface area contributed by atoms with Crippen molar-refractivity contribution < 1.29 is 19.1 Å². The first-order chi connectivity index (χ1) is 15.0. The molecule has 2 aromatic rings.